The molecular weight excluding hydrogens is 296 g/mol. The Hall–Kier alpha value is -2.63. The molecule has 0 saturated carbocycles. The molecule has 2 rings (SSSR count). The van der Waals surface area contributed by atoms with Crippen LogP contribution in [0.25, 0.3) is 0 Å². The third-order valence-electron chi connectivity index (χ3n) is 3.40. The Morgan fingerprint density at radius 2 is 2.00 bits per heavy atom. The van der Waals surface area contributed by atoms with Crippen molar-refractivity contribution >= 4 is 17.7 Å². The quantitative estimate of drug-likeness (QED) is 0.857. The lowest BCUT2D eigenvalue weighted by molar-refractivity contribution is -0.124. The third-order valence-corrected chi connectivity index (χ3v) is 3.40. The predicted molar refractivity (Wildman–Crippen MR) is 85.3 cm³/mol. The Morgan fingerprint density at radius 1 is 1.26 bits per heavy atom. The van der Waals surface area contributed by atoms with Gasteiger partial charge in [-0.15, -0.1) is 0 Å². The fraction of sp³-hybridized carbons (Fsp3) is 0.353. The summed E-state index contributed by atoms with van der Waals surface area (Å²) < 4.78 is 10.2. The zero-order chi connectivity index (χ0) is 17.0. The Kier molecular flexibility index (Phi) is 5.16. The molecule has 0 aliphatic heterocycles. The van der Waals surface area contributed by atoms with Crippen LogP contribution < -0.4 is 5.32 Å². The topological polar surface area (TPSA) is 81.4 Å². The number of nitrogens with zero attached hydrogens (tertiary/aromatic N) is 1. The predicted octanol–water partition coefficient (Wildman–Crippen LogP) is 3.17. The van der Waals surface area contributed by atoms with Gasteiger partial charge in [-0.3, -0.25) is 4.79 Å². The zero-order valence-corrected chi connectivity index (χ0v) is 13.7. The van der Waals surface area contributed by atoms with E-state index in [0.29, 0.717) is 23.6 Å². The van der Waals surface area contributed by atoms with E-state index in [9.17, 15) is 9.59 Å². The number of amides is 1. The summed E-state index contributed by atoms with van der Waals surface area (Å²) in [6, 6.07) is 7.12. The first-order valence-corrected chi connectivity index (χ1v) is 7.43. The Bertz CT molecular complexity index is 721. The number of aromatic nitrogens is 1. The van der Waals surface area contributed by atoms with E-state index in [0.717, 1.165) is 11.1 Å². The van der Waals surface area contributed by atoms with E-state index in [1.165, 1.54) is 0 Å². The normalized spacial score (nSPS) is 11.8. The van der Waals surface area contributed by atoms with E-state index >= 15 is 0 Å². The van der Waals surface area contributed by atoms with E-state index < -0.39 is 18.0 Å². The van der Waals surface area contributed by atoms with Crippen LogP contribution in [0, 0.1) is 20.8 Å². The maximum Gasteiger partial charge on any atom is 0.339 e. The molecule has 0 fully saturated rings. The molecule has 6 nitrogen and oxygen atoms in total. The molecule has 2 aromatic rings. The number of nitrogens with one attached hydrogen (secondary N) is 1. The number of ether oxygens (including phenoxy) is 1. The zero-order valence-electron chi connectivity index (χ0n) is 13.7. The first-order valence-electron chi connectivity index (χ1n) is 7.43. The van der Waals surface area contributed by atoms with Crippen LogP contribution in [0.1, 0.15) is 40.6 Å². The molecule has 1 heterocycles. The first kappa shape index (κ1) is 16.7. The van der Waals surface area contributed by atoms with Gasteiger partial charge in [-0.05, 0) is 38.8 Å². The molecule has 0 bridgehead atoms. The van der Waals surface area contributed by atoms with E-state index in [-0.39, 0.29) is 0 Å². The van der Waals surface area contributed by atoms with E-state index in [4.69, 9.17) is 9.26 Å². The second-order valence-electron chi connectivity index (χ2n) is 5.43. The Balaban J connectivity index is 2.07. The molecule has 1 atom stereocenters. The smallest absolute Gasteiger partial charge is 0.339 e. The van der Waals surface area contributed by atoms with E-state index in [2.05, 4.69) is 10.5 Å². The minimum absolute atomic E-state index is 0.300. The standard InChI is InChI=1S/C17H20N2O4/c1-5-14(16(20)18-15-9-12(4)23-19-15)22-17(21)13-8-10(2)6-7-11(13)3/h6-9,14H,5H2,1-4H3,(H,18,19,20). The summed E-state index contributed by atoms with van der Waals surface area (Å²) >= 11 is 0. The number of benzene rings is 1. The number of carbonyl (C=O) groups is 2. The lowest BCUT2D eigenvalue weighted by atomic mass is 10.1. The lowest BCUT2D eigenvalue weighted by Gasteiger charge is -2.16. The van der Waals surface area contributed by atoms with Gasteiger partial charge in [0.25, 0.3) is 5.91 Å². The van der Waals surface area contributed by atoms with Gasteiger partial charge >= 0.3 is 5.97 Å². The molecular formula is C17H20N2O4. The van der Waals surface area contributed by atoms with Crippen LogP contribution in [0.2, 0.25) is 0 Å². The van der Waals surface area contributed by atoms with Crippen molar-refractivity contribution < 1.29 is 18.8 Å². The molecule has 122 valence electrons. The number of hydrogen-bond acceptors (Lipinski definition) is 5. The van der Waals surface area contributed by atoms with Crippen molar-refractivity contribution in [3.8, 4) is 0 Å². The molecule has 23 heavy (non-hydrogen) atoms. The maximum atomic E-state index is 12.3. The van der Waals surface area contributed by atoms with Crippen molar-refractivity contribution in [2.24, 2.45) is 0 Å². The van der Waals surface area contributed by atoms with E-state index in [1.807, 2.05) is 26.0 Å². The van der Waals surface area contributed by atoms with Gasteiger partial charge < -0.3 is 14.6 Å². The summed E-state index contributed by atoms with van der Waals surface area (Å²) in [5.74, 6) is -0.0570. The maximum absolute atomic E-state index is 12.3. The van der Waals surface area contributed by atoms with Crippen molar-refractivity contribution in [3.63, 3.8) is 0 Å². The SMILES string of the molecule is CCC(OC(=O)c1cc(C)ccc1C)C(=O)Nc1cc(C)on1. The van der Waals surface area contributed by atoms with Crippen LogP contribution in [0.15, 0.2) is 28.8 Å². The van der Waals surface area contributed by atoms with Crippen LogP contribution in [0.5, 0.6) is 0 Å². The molecule has 0 aliphatic carbocycles. The van der Waals surface area contributed by atoms with Gasteiger partial charge in [0.15, 0.2) is 11.9 Å². The average Bonchev–Trinajstić information content (AvgIpc) is 2.91. The summed E-state index contributed by atoms with van der Waals surface area (Å²) in [6.07, 6.45) is -0.529. The number of rotatable bonds is 5. The van der Waals surface area contributed by atoms with Gasteiger partial charge in [-0.2, -0.15) is 0 Å². The highest BCUT2D eigenvalue weighted by Gasteiger charge is 2.23. The molecule has 0 aliphatic rings. The minimum Gasteiger partial charge on any atom is -0.449 e. The molecule has 1 aromatic carbocycles. The Labute approximate surface area is 134 Å². The fourth-order valence-corrected chi connectivity index (χ4v) is 2.10. The highest BCUT2D eigenvalue weighted by molar-refractivity contribution is 5.97. The van der Waals surface area contributed by atoms with Crippen molar-refractivity contribution in [2.75, 3.05) is 5.32 Å². The average molecular weight is 316 g/mol. The summed E-state index contributed by atoms with van der Waals surface area (Å²) in [5, 5.41) is 6.26. The first-order chi connectivity index (χ1) is 10.9. The largest absolute Gasteiger partial charge is 0.449 e. The van der Waals surface area contributed by atoms with Gasteiger partial charge in [0.1, 0.15) is 5.76 Å². The van der Waals surface area contributed by atoms with Gasteiger partial charge in [-0.25, -0.2) is 4.79 Å². The summed E-state index contributed by atoms with van der Waals surface area (Å²) in [5.41, 5.74) is 2.23. The molecule has 0 saturated heterocycles. The van der Waals surface area contributed by atoms with Crippen molar-refractivity contribution in [1.82, 2.24) is 5.16 Å². The number of hydrogen-bond donors (Lipinski definition) is 1. The van der Waals surface area contributed by atoms with Crippen LogP contribution in [0.4, 0.5) is 5.82 Å². The second-order valence-corrected chi connectivity index (χ2v) is 5.43. The number of aryl methyl sites for hydroxylation is 3. The Morgan fingerprint density at radius 3 is 2.61 bits per heavy atom. The number of carbonyl (C=O) groups excluding carboxylic acids is 2. The minimum atomic E-state index is -0.889. The second kappa shape index (κ2) is 7.09. The van der Waals surface area contributed by atoms with Crippen LogP contribution in [-0.2, 0) is 9.53 Å². The number of esters is 1. The van der Waals surface area contributed by atoms with Crippen molar-refractivity contribution in [3.05, 3.63) is 46.7 Å². The molecule has 1 unspecified atom stereocenters. The number of anilines is 1. The summed E-state index contributed by atoms with van der Waals surface area (Å²) in [6.45, 7) is 7.22. The monoisotopic (exact) mass is 316 g/mol. The molecule has 6 heteroatoms. The van der Waals surface area contributed by atoms with Gasteiger partial charge in [0.2, 0.25) is 0 Å². The molecule has 0 spiro atoms. The van der Waals surface area contributed by atoms with Gasteiger partial charge in [0.05, 0.1) is 5.56 Å². The van der Waals surface area contributed by atoms with E-state index in [1.54, 1.807) is 26.0 Å². The fourth-order valence-electron chi connectivity index (χ4n) is 2.10. The van der Waals surface area contributed by atoms with Gasteiger partial charge in [0, 0.05) is 6.07 Å². The third kappa shape index (κ3) is 4.18. The molecule has 1 N–H and O–H groups in total. The van der Waals surface area contributed by atoms with Gasteiger partial charge in [-0.1, -0.05) is 29.8 Å². The highest BCUT2D eigenvalue weighted by atomic mass is 16.5. The highest BCUT2D eigenvalue weighted by Crippen LogP contribution is 2.15. The lowest BCUT2D eigenvalue weighted by Crippen LogP contribution is -2.32. The molecule has 1 amide bonds. The van der Waals surface area contributed by atoms with Crippen molar-refractivity contribution in [1.29, 1.82) is 0 Å². The summed E-state index contributed by atoms with van der Waals surface area (Å²) in [4.78, 5) is 24.5. The molecule has 1 aromatic heterocycles. The van der Waals surface area contributed by atoms with Crippen LogP contribution in [-0.4, -0.2) is 23.1 Å². The van der Waals surface area contributed by atoms with Crippen LogP contribution in [0.3, 0.4) is 0 Å². The molecule has 0 radical (unpaired) electrons. The van der Waals surface area contributed by atoms with Crippen LogP contribution >= 0.6 is 0 Å². The summed E-state index contributed by atoms with van der Waals surface area (Å²) in [7, 11) is 0. The van der Waals surface area contributed by atoms with Crippen molar-refractivity contribution in [2.45, 2.75) is 40.2 Å².